The molecule has 3 rings (SSSR count). The van der Waals surface area contributed by atoms with Gasteiger partial charge >= 0.3 is 0 Å². The van der Waals surface area contributed by atoms with Crippen molar-refractivity contribution in [3.8, 4) is 0 Å². The Kier molecular flexibility index (Phi) is 2.70. The Morgan fingerprint density at radius 1 is 1.12 bits per heavy atom. The van der Waals surface area contributed by atoms with Gasteiger partial charge in [0.25, 0.3) is 0 Å². The van der Waals surface area contributed by atoms with Gasteiger partial charge in [-0.25, -0.2) is 0 Å². The van der Waals surface area contributed by atoms with Crippen LogP contribution in [0.2, 0.25) is 0 Å². The highest BCUT2D eigenvalue weighted by molar-refractivity contribution is 5.15. The number of rotatable bonds is 2. The van der Waals surface area contributed by atoms with Crippen molar-refractivity contribution in [2.75, 3.05) is 13.1 Å². The molecule has 1 aromatic carbocycles. The summed E-state index contributed by atoms with van der Waals surface area (Å²) in [5.74, 6) is 1.64. The highest BCUT2D eigenvalue weighted by atomic mass is 15.2. The maximum atomic E-state index is 6.15. The van der Waals surface area contributed by atoms with Gasteiger partial charge in [-0.1, -0.05) is 30.3 Å². The van der Waals surface area contributed by atoms with Crippen LogP contribution in [0.1, 0.15) is 18.4 Å². The third kappa shape index (κ3) is 1.87. The summed E-state index contributed by atoms with van der Waals surface area (Å²) in [6.07, 6.45) is 2.59. The second kappa shape index (κ2) is 4.19. The first-order valence-corrected chi connectivity index (χ1v) is 6.35. The summed E-state index contributed by atoms with van der Waals surface area (Å²) in [5, 5.41) is 0. The van der Waals surface area contributed by atoms with Crippen LogP contribution in [0.3, 0.4) is 0 Å². The van der Waals surface area contributed by atoms with E-state index in [1.54, 1.807) is 0 Å². The minimum atomic E-state index is 0.464. The molecule has 0 spiro atoms. The average Bonchev–Trinajstić information content (AvgIpc) is 2.83. The summed E-state index contributed by atoms with van der Waals surface area (Å²) in [4.78, 5) is 2.57. The molecule has 2 nitrogen and oxygen atoms in total. The summed E-state index contributed by atoms with van der Waals surface area (Å²) >= 11 is 0. The number of benzene rings is 1. The number of likely N-dealkylation sites (tertiary alicyclic amines) is 1. The zero-order valence-corrected chi connectivity index (χ0v) is 9.68. The largest absolute Gasteiger partial charge is 0.327 e. The van der Waals surface area contributed by atoms with Crippen LogP contribution in [0.25, 0.3) is 0 Å². The Bertz CT molecular complexity index is 349. The van der Waals surface area contributed by atoms with Gasteiger partial charge in [0.05, 0.1) is 0 Å². The fourth-order valence-corrected chi connectivity index (χ4v) is 3.37. The summed E-state index contributed by atoms with van der Waals surface area (Å²) in [6.45, 7) is 3.56. The fourth-order valence-electron chi connectivity index (χ4n) is 3.37. The van der Waals surface area contributed by atoms with E-state index >= 15 is 0 Å². The lowest BCUT2D eigenvalue weighted by Crippen LogP contribution is -2.30. The normalized spacial score (nSPS) is 34.2. The van der Waals surface area contributed by atoms with Crippen molar-refractivity contribution < 1.29 is 0 Å². The van der Waals surface area contributed by atoms with Gasteiger partial charge in [0.15, 0.2) is 0 Å². The molecule has 1 saturated carbocycles. The molecule has 1 unspecified atom stereocenters. The van der Waals surface area contributed by atoms with Crippen LogP contribution in [0.5, 0.6) is 0 Å². The van der Waals surface area contributed by atoms with Crippen molar-refractivity contribution in [1.29, 1.82) is 0 Å². The van der Waals surface area contributed by atoms with Crippen LogP contribution in [0.4, 0.5) is 0 Å². The van der Waals surface area contributed by atoms with E-state index in [9.17, 15) is 0 Å². The van der Waals surface area contributed by atoms with Gasteiger partial charge in [-0.15, -0.1) is 0 Å². The molecule has 2 heteroatoms. The molecule has 0 radical (unpaired) electrons. The van der Waals surface area contributed by atoms with Crippen LogP contribution in [0.15, 0.2) is 30.3 Å². The maximum absolute atomic E-state index is 6.15. The molecule has 0 amide bonds. The number of nitrogens with zero attached hydrogens (tertiary/aromatic N) is 1. The molecular formula is C14H20N2. The third-order valence-electron chi connectivity index (χ3n) is 4.24. The van der Waals surface area contributed by atoms with Gasteiger partial charge < -0.3 is 5.73 Å². The quantitative estimate of drug-likeness (QED) is 0.817. The van der Waals surface area contributed by atoms with Crippen LogP contribution >= 0.6 is 0 Å². The molecule has 1 saturated heterocycles. The highest BCUT2D eigenvalue weighted by Gasteiger charge is 2.40. The van der Waals surface area contributed by atoms with Gasteiger partial charge in [-0.3, -0.25) is 4.90 Å². The van der Waals surface area contributed by atoms with Crippen LogP contribution in [-0.4, -0.2) is 24.0 Å². The highest BCUT2D eigenvalue weighted by Crippen LogP contribution is 2.37. The van der Waals surface area contributed by atoms with E-state index < -0.39 is 0 Å². The predicted molar refractivity (Wildman–Crippen MR) is 65.9 cm³/mol. The van der Waals surface area contributed by atoms with Crippen LogP contribution in [-0.2, 0) is 6.54 Å². The summed E-state index contributed by atoms with van der Waals surface area (Å²) in [7, 11) is 0. The van der Waals surface area contributed by atoms with Crippen molar-refractivity contribution >= 4 is 0 Å². The Labute approximate surface area is 97.4 Å². The molecule has 1 heterocycles. The van der Waals surface area contributed by atoms with E-state index in [1.807, 2.05) is 0 Å². The third-order valence-corrected chi connectivity index (χ3v) is 4.24. The number of hydrogen-bond donors (Lipinski definition) is 1. The van der Waals surface area contributed by atoms with E-state index in [-0.39, 0.29) is 0 Å². The average molecular weight is 216 g/mol. The Hall–Kier alpha value is -0.860. The molecule has 2 fully saturated rings. The van der Waals surface area contributed by atoms with Crippen LogP contribution in [0, 0.1) is 11.8 Å². The van der Waals surface area contributed by atoms with Crippen molar-refractivity contribution in [3.05, 3.63) is 35.9 Å². The van der Waals surface area contributed by atoms with Crippen molar-refractivity contribution in [1.82, 2.24) is 4.90 Å². The zero-order valence-electron chi connectivity index (χ0n) is 9.68. The SMILES string of the molecule is NC1CC[C@H]2CN(Cc3ccccc3)C[C@@H]12. The van der Waals surface area contributed by atoms with E-state index in [1.165, 1.54) is 31.5 Å². The van der Waals surface area contributed by atoms with Crippen molar-refractivity contribution in [2.45, 2.75) is 25.4 Å². The molecule has 1 aromatic rings. The molecule has 1 aliphatic heterocycles. The van der Waals surface area contributed by atoms with Gasteiger partial charge in [-0.2, -0.15) is 0 Å². The first-order valence-electron chi connectivity index (χ1n) is 6.35. The molecule has 1 aliphatic carbocycles. The number of nitrogens with two attached hydrogens (primary N) is 1. The molecule has 2 N–H and O–H groups in total. The first kappa shape index (κ1) is 10.3. The second-order valence-electron chi connectivity index (χ2n) is 5.34. The predicted octanol–water partition coefficient (Wildman–Crippen LogP) is 1.86. The molecule has 0 aromatic heterocycles. The Morgan fingerprint density at radius 2 is 1.94 bits per heavy atom. The summed E-state index contributed by atoms with van der Waals surface area (Å²) in [5.41, 5.74) is 7.58. The second-order valence-corrected chi connectivity index (χ2v) is 5.34. The molecule has 0 bridgehead atoms. The van der Waals surface area contributed by atoms with Crippen LogP contribution < -0.4 is 5.73 Å². The maximum Gasteiger partial charge on any atom is 0.0233 e. The van der Waals surface area contributed by atoms with Gasteiger partial charge in [0.1, 0.15) is 0 Å². The number of fused-ring (bicyclic) bond motifs is 1. The smallest absolute Gasteiger partial charge is 0.0233 e. The Balaban J connectivity index is 1.63. The van der Waals surface area contributed by atoms with Gasteiger partial charge in [0.2, 0.25) is 0 Å². The monoisotopic (exact) mass is 216 g/mol. The molecular weight excluding hydrogens is 196 g/mol. The van der Waals surface area contributed by atoms with Gasteiger partial charge in [0, 0.05) is 25.7 Å². The molecule has 16 heavy (non-hydrogen) atoms. The molecule has 86 valence electrons. The van der Waals surface area contributed by atoms with Crippen molar-refractivity contribution in [3.63, 3.8) is 0 Å². The molecule has 2 aliphatic rings. The van der Waals surface area contributed by atoms with E-state index in [0.29, 0.717) is 6.04 Å². The van der Waals surface area contributed by atoms with E-state index in [4.69, 9.17) is 5.73 Å². The zero-order chi connectivity index (χ0) is 11.0. The lowest BCUT2D eigenvalue weighted by molar-refractivity contribution is 0.298. The van der Waals surface area contributed by atoms with E-state index in [2.05, 4.69) is 35.2 Å². The lowest BCUT2D eigenvalue weighted by Gasteiger charge is -2.18. The lowest BCUT2D eigenvalue weighted by atomic mass is 9.98. The standard InChI is InChI=1S/C14H20N2/c15-14-7-6-12-9-16(10-13(12)14)8-11-4-2-1-3-5-11/h1-5,12-14H,6-10,15H2/t12-,13+,14?/m0/s1. The van der Waals surface area contributed by atoms with E-state index in [0.717, 1.165) is 18.4 Å². The first-order chi connectivity index (χ1) is 7.83. The number of hydrogen-bond acceptors (Lipinski definition) is 2. The molecule has 3 atom stereocenters. The Morgan fingerprint density at radius 3 is 2.69 bits per heavy atom. The summed E-state index contributed by atoms with van der Waals surface area (Å²) < 4.78 is 0. The fraction of sp³-hybridized carbons (Fsp3) is 0.571. The topological polar surface area (TPSA) is 29.3 Å². The van der Waals surface area contributed by atoms with Gasteiger partial charge in [-0.05, 0) is 30.2 Å². The summed E-state index contributed by atoms with van der Waals surface area (Å²) in [6, 6.07) is 11.2. The minimum Gasteiger partial charge on any atom is -0.327 e. The minimum absolute atomic E-state index is 0.464. The van der Waals surface area contributed by atoms with Crippen molar-refractivity contribution in [2.24, 2.45) is 17.6 Å².